The van der Waals surface area contributed by atoms with Crippen LogP contribution in [0.3, 0.4) is 0 Å². The van der Waals surface area contributed by atoms with Crippen molar-refractivity contribution in [2.45, 2.75) is 0 Å². The maximum Gasteiger partial charge on any atom is 3.00 e. The molecule has 0 saturated carbocycles. The topological polar surface area (TPSA) is 142 Å². The Morgan fingerprint density at radius 2 is 0.333 bits per heavy atom. The Morgan fingerprint density at radius 1 is 0.333 bits per heavy atom. The molecule has 0 heterocycles. The standard InChI is InChI=1S/2Ga.2Mn.5O/q2*+3;2*+2;5*-2. The minimum atomic E-state index is 0. The van der Waals surface area contributed by atoms with Gasteiger partial charge in [0.25, 0.3) is 0 Å². The van der Waals surface area contributed by atoms with E-state index in [-0.39, 0.29) is 101 Å². The van der Waals surface area contributed by atoms with E-state index in [1.807, 2.05) is 0 Å². The molecule has 0 bridgehead atoms. The van der Waals surface area contributed by atoms with Gasteiger partial charge in [-0.3, -0.25) is 0 Å². The zero-order chi connectivity index (χ0) is 0. The number of hydrogen-bond acceptors (Lipinski definition) is 0. The molecule has 0 amide bonds. The van der Waals surface area contributed by atoms with Gasteiger partial charge in [0.2, 0.25) is 0 Å². The first-order valence-corrected chi connectivity index (χ1v) is 0. The molecule has 0 spiro atoms. The van der Waals surface area contributed by atoms with E-state index in [2.05, 4.69) is 0 Å². The van der Waals surface area contributed by atoms with Crippen molar-refractivity contribution in [1.82, 2.24) is 0 Å². The van der Waals surface area contributed by atoms with Crippen molar-refractivity contribution < 1.29 is 61.5 Å². The normalized spacial score (nSPS) is 0. The monoisotopic (exact) mass is 328 g/mol. The minimum Gasteiger partial charge on any atom is -2.00 e. The molecular weight excluding hydrogens is 329 g/mol. The maximum atomic E-state index is 0. The molecule has 0 unspecified atom stereocenters. The molecule has 0 aromatic heterocycles. The van der Waals surface area contributed by atoms with Gasteiger partial charge in [0, 0.05) is 0 Å². The fraction of sp³-hybridized carbons (Fsp3) is 0. The molecule has 0 aliphatic heterocycles. The van der Waals surface area contributed by atoms with Crippen molar-refractivity contribution in [2.75, 3.05) is 0 Å². The van der Waals surface area contributed by atoms with E-state index in [1.165, 1.54) is 0 Å². The Morgan fingerprint density at radius 3 is 0.333 bits per heavy atom. The van der Waals surface area contributed by atoms with E-state index in [0.29, 0.717) is 0 Å². The Balaban J connectivity index is 0. The van der Waals surface area contributed by atoms with Crippen LogP contribution in [0.15, 0.2) is 0 Å². The zero-order valence-electron chi connectivity index (χ0n) is 3.95. The van der Waals surface area contributed by atoms with Gasteiger partial charge in [-0.1, -0.05) is 0 Å². The van der Waals surface area contributed by atoms with Crippen LogP contribution < -0.4 is 0 Å². The molecule has 2 radical (unpaired) electrons. The third kappa shape index (κ3) is 149. The molecule has 0 rings (SSSR count). The summed E-state index contributed by atoms with van der Waals surface area (Å²) in [5, 5.41) is 0. The Kier molecular flexibility index (Phi) is 5330. The van der Waals surface area contributed by atoms with Crippen LogP contribution in [0.1, 0.15) is 0 Å². The van der Waals surface area contributed by atoms with Gasteiger partial charge < -0.3 is 27.4 Å². The summed E-state index contributed by atoms with van der Waals surface area (Å²) in [4.78, 5) is 0. The summed E-state index contributed by atoms with van der Waals surface area (Å²) in [5.41, 5.74) is 0. The van der Waals surface area contributed by atoms with Gasteiger partial charge in [-0.15, -0.1) is 0 Å². The molecule has 5 nitrogen and oxygen atoms in total. The fourth-order valence-electron chi connectivity index (χ4n) is 0. The van der Waals surface area contributed by atoms with Crippen molar-refractivity contribution in [1.29, 1.82) is 0 Å². The predicted molar refractivity (Wildman–Crippen MR) is 14.9 cm³/mol. The number of rotatable bonds is 0. The van der Waals surface area contributed by atoms with Gasteiger partial charge in [-0.25, -0.2) is 0 Å². The first kappa shape index (κ1) is 255. The summed E-state index contributed by atoms with van der Waals surface area (Å²) in [6.45, 7) is 0. The van der Waals surface area contributed by atoms with Gasteiger partial charge in [-0.05, 0) is 0 Å². The summed E-state index contributed by atoms with van der Waals surface area (Å²) in [5.74, 6) is 0. The van der Waals surface area contributed by atoms with E-state index in [1.54, 1.807) is 0 Å². The summed E-state index contributed by atoms with van der Waals surface area (Å²) in [7, 11) is 0. The Labute approximate surface area is 100 Å². The third-order valence-corrected chi connectivity index (χ3v) is 0. The first-order chi connectivity index (χ1) is 0. The van der Waals surface area contributed by atoms with Crippen molar-refractivity contribution in [3.63, 3.8) is 0 Å². The molecule has 9 heavy (non-hydrogen) atoms. The molecule has 0 aliphatic carbocycles. The van der Waals surface area contributed by atoms with Crippen LogP contribution in [-0.4, -0.2) is 39.6 Å². The average Bonchev–Trinajstić information content (AvgIpc) is 0. The minimum absolute atomic E-state index is 0. The van der Waals surface area contributed by atoms with Crippen LogP contribution in [0.2, 0.25) is 0 Å². The molecule has 0 aromatic rings. The third-order valence-electron chi connectivity index (χ3n) is 0. The van der Waals surface area contributed by atoms with Crippen molar-refractivity contribution in [3.05, 3.63) is 0 Å². The molecule has 0 atom stereocenters. The van der Waals surface area contributed by atoms with Crippen molar-refractivity contribution in [3.8, 4) is 0 Å². The molecule has 0 aromatic carbocycles. The van der Waals surface area contributed by atoms with Crippen LogP contribution in [0, 0.1) is 0 Å². The van der Waals surface area contributed by atoms with E-state index in [4.69, 9.17) is 0 Å². The largest absolute Gasteiger partial charge is 3.00 e. The number of hydrogen-bond donors (Lipinski definition) is 0. The predicted octanol–water partition coefficient (Wildman–Crippen LogP) is -1.36. The summed E-state index contributed by atoms with van der Waals surface area (Å²) < 4.78 is 0. The first-order valence-electron chi connectivity index (χ1n) is 0. The molecule has 0 fully saturated rings. The van der Waals surface area contributed by atoms with E-state index in [9.17, 15) is 0 Å². The average molecular weight is 329 g/mol. The second-order valence-corrected chi connectivity index (χ2v) is 0. The van der Waals surface area contributed by atoms with Crippen LogP contribution in [0.5, 0.6) is 0 Å². The Hall–Kier alpha value is 2.11. The Bertz CT molecular complexity index is 12.9. The van der Waals surface area contributed by atoms with Gasteiger partial charge in [0.05, 0.1) is 0 Å². The molecule has 9 heteroatoms. The van der Waals surface area contributed by atoms with Gasteiger partial charge in [0.15, 0.2) is 0 Å². The fourth-order valence-corrected chi connectivity index (χ4v) is 0. The zero-order valence-corrected chi connectivity index (χ0v) is 11.2. The smallest absolute Gasteiger partial charge is 2.00 e. The van der Waals surface area contributed by atoms with Gasteiger partial charge in [0.1, 0.15) is 0 Å². The van der Waals surface area contributed by atoms with Gasteiger partial charge >= 0.3 is 73.7 Å². The molecule has 50 valence electrons. The SMILES string of the molecule is [Ga+3].[Ga+3].[Mn+2].[Mn+2].[O-2].[O-2].[O-2].[O-2].[O-2]. The molecule has 0 saturated heterocycles. The van der Waals surface area contributed by atoms with Crippen LogP contribution in [0.25, 0.3) is 0 Å². The van der Waals surface area contributed by atoms with Gasteiger partial charge in [-0.2, -0.15) is 0 Å². The summed E-state index contributed by atoms with van der Waals surface area (Å²) >= 11 is 0. The van der Waals surface area contributed by atoms with Crippen LogP contribution >= 0.6 is 0 Å². The second-order valence-electron chi connectivity index (χ2n) is 0. The maximum absolute atomic E-state index is 0. The second kappa shape index (κ2) is 188. The van der Waals surface area contributed by atoms with Crippen LogP contribution in [-0.2, 0) is 61.5 Å². The quantitative estimate of drug-likeness (QED) is 0.484. The van der Waals surface area contributed by atoms with E-state index in [0.717, 1.165) is 0 Å². The van der Waals surface area contributed by atoms with E-state index >= 15 is 0 Å². The molecule has 0 N–H and O–H groups in total. The summed E-state index contributed by atoms with van der Waals surface area (Å²) in [6.07, 6.45) is 0. The van der Waals surface area contributed by atoms with Crippen molar-refractivity contribution in [2.24, 2.45) is 0 Å². The summed E-state index contributed by atoms with van der Waals surface area (Å²) in [6, 6.07) is 0. The molecule has 0 aliphatic rings. The molecular formula is Ga2Mn2O5. The van der Waals surface area contributed by atoms with Crippen LogP contribution in [0.4, 0.5) is 0 Å². The van der Waals surface area contributed by atoms with Crippen molar-refractivity contribution >= 4 is 39.6 Å². The van der Waals surface area contributed by atoms with E-state index < -0.39 is 0 Å².